The smallest absolute Gasteiger partial charge is 0.0960 e. The molecular weight excluding hydrogens is 242 g/mol. The van der Waals surface area contributed by atoms with Gasteiger partial charge in [-0.15, -0.1) is 11.3 Å². The number of piperidine rings is 1. The van der Waals surface area contributed by atoms with E-state index in [2.05, 4.69) is 36.4 Å². The lowest BCUT2D eigenvalue weighted by Crippen LogP contribution is -2.37. The van der Waals surface area contributed by atoms with Crippen LogP contribution in [0.4, 0.5) is 0 Å². The highest BCUT2D eigenvalue weighted by Crippen LogP contribution is 2.31. The number of hydrogen-bond acceptors (Lipinski definition) is 4. The summed E-state index contributed by atoms with van der Waals surface area (Å²) < 4.78 is 0. The quantitative estimate of drug-likeness (QED) is 0.909. The van der Waals surface area contributed by atoms with E-state index in [1.165, 1.54) is 36.6 Å². The van der Waals surface area contributed by atoms with Crippen molar-refractivity contribution in [1.82, 2.24) is 15.2 Å². The Morgan fingerprint density at radius 3 is 2.56 bits per heavy atom. The van der Waals surface area contributed by atoms with Crippen LogP contribution in [0.3, 0.4) is 0 Å². The topological polar surface area (TPSA) is 28.2 Å². The van der Waals surface area contributed by atoms with Crippen LogP contribution in [0.2, 0.25) is 0 Å². The summed E-state index contributed by atoms with van der Waals surface area (Å²) in [6.45, 7) is 9.19. The molecule has 2 rings (SSSR count). The Balaban J connectivity index is 1.95. The Morgan fingerprint density at radius 2 is 2.00 bits per heavy atom. The molecule has 102 valence electrons. The predicted molar refractivity (Wildman–Crippen MR) is 78.3 cm³/mol. The number of hydrogen-bond donors (Lipinski definition) is 1. The summed E-state index contributed by atoms with van der Waals surface area (Å²) in [6, 6.07) is 1.05. The van der Waals surface area contributed by atoms with Crippen molar-refractivity contribution in [3.8, 4) is 0 Å². The molecule has 1 aliphatic rings. The van der Waals surface area contributed by atoms with Crippen molar-refractivity contribution in [2.24, 2.45) is 0 Å². The zero-order valence-electron chi connectivity index (χ0n) is 11.9. The highest BCUT2D eigenvalue weighted by atomic mass is 32.1. The summed E-state index contributed by atoms with van der Waals surface area (Å²) in [4.78, 5) is 7.38. The van der Waals surface area contributed by atoms with E-state index in [4.69, 9.17) is 4.98 Å². The molecule has 18 heavy (non-hydrogen) atoms. The molecule has 0 amide bonds. The molecule has 1 atom stereocenters. The monoisotopic (exact) mass is 267 g/mol. The van der Waals surface area contributed by atoms with Crippen molar-refractivity contribution >= 4 is 11.3 Å². The van der Waals surface area contributed by atoms with E-state index in [-0.39, 0.29) is 0 Å². The normalized spacial score (nSPS) is 20.5. The van der Waals surface area contributed by atoms with Gasteiger partial charge in [0.05, 0.1) is 10.7 Å². The van der Waals surface area contributed by atoms with Gasteiger partial charge in [0, 0.05) is 23.4 Å². The molecule has 0 spiro atoms. The third kappa shape index (κ3) is 3.11. The van der Waals surface area contributed by atoms with Crippen molar-refractivity contribution in [3.63, 3.8) is 0 Å². The standard InChI is InChI=1S/C14H25N3S/c1-10(2)17-7-5-12(6-8-17)14-16-13(9-18-14)11(3)15-4/h9-12,15H,5-8H2,1-4H3. The number of rotatable bonds is 4. The van der Waals surface area contributed by atoms with Gasteiger partial charge in [-0.3, -0.25) is 0 Å². The van der Waals surface area contributed by atoms with E-state index in [0.29, 0.717) is 18.0 Å². The first-order valence-corrected chi connectivity index (χ1v) is 7.86. The average molecular weight is 267 g/mol. The van der Waals surface area contributed by atoms with E-state index in [0.717, 1.165) is 0 Å². The number of nitrogens with one attached hydrogen (secondary N) is 1. The van der Waals surface area contributed by atoms with Gasteiger partial charge in [0.2, 0.25) is 0 Å². The molecule has 2 heterocycles. The fourth-order valence-corrected chi connectivity index (χ4v) is 3.58. The molecular formula is C14H25N3S. The van der Waals surface area contributed by atoms with Gasteiger partial charge in [0.25, 0.3) is 0 Å². The second-order valence-corrected chi connectivity index (χ2v) is 6.41. The highest BCUT2D eigenvalue weighted by Gasteiger charge is 2.24. The third-order valence-corrected chi connectivity index (χ3v) is 5.05. The molecule has 1 saturated heterocycles. The van der Waals surface area contributed by atoms with Crippen LogP contribution in [0.15, 0.2) is 5.38 Å². The number of nitrogens with zero attached hydrogens (tertiary/aromatic N) is 2. The van der Waals surface area contributed by atoms with Crippen molar-refractivity contribution in [1.29, 1.82) is 0 Å². The summed E-state index contributed by atoms with van der Waals surface area (Å²) in [5.74, 6) is 0.683. The molecule has 0 radical (unpaired) electrons. The van der Waals surface area contributed by atoms with Gasteiger partial charge < -0.3 is 10.2 Å². The second-order valence-electron chi connectivity index (χ2n) is 5.52. The van der Waals surface area contributed by atoms with E-state index in [1.807, 2.05) is 18.4 Å². The fraction of sp³-hybridized carbons (Fsp3) is 0.786. The Labute approximate surface area is 115 Å². The summed E-state index contributed by atoms with van der Waals surface area (Å²) in [6.07, 6.45) is 2.53. The van der Waals surface area contributed by atoms with Crippen molar-refractivity contribution in [2.75, 3.05) is 20.1 Å². The molecule has 0 aromatic carbocycles. The van der Waals surface area contributed by atoms with Crippen LogP contribution in [-0.4, -0.2) is 36.1 Å². The predicted octanol–water partition coefficient (Wildman–Crippen LogP) is 3.01. The minimum absolute atomic E-state index is 0.366. The van der Waals surface area contributed by atoms with Gasteiger partial charge in [0.15, 0.2) is 0 Å². The highest BCUT2D eigenvalue weighted by molar-refractivity contribution is 7.09. The van der Waals surface area contributed by atoms with Crippen LogP contribution in [0.5, 0.6) is 0 Å². The molecule has 4 heteroatoms. The molecule has 0 saturated carbocycles. The van der Waals surface area contributed by atoms with E-state index in [9.17, 15) is 0 Å². The maximum absolute atomic E-state index is 4.81. The minimum Gasteiger partial charge on any atom is -0.312 e. The second kappa shape index (κ2) is 6.13. The largest absolute Gasteiger partial charge is 0.312 e. The Hall–Kier alpha value is -0.450. The van der Waals surface area contributed by atoms with Crippen LogP contribution in [-0.2, 0) is 0 Å². The van der Waals surface area contributed by atoms with E-state index < -0.39 is 0 Å². The number of likely N-dealkylation sites (tertiary alicyclic amines) is 1. The zero-order valence-corrected chi connectivity index (χ0v) is 12.8. The third-order valence-electron chi connectivity index (χ3n) is 4.03. The lowest BCUT2D eigenvalue weighted by atomic mass is 9.96. The first kappa shape index (κ1) is 14.0. The molecule has 1 aliphatic heterocycles. The molecule has 1 aromatic heterocycles. The van der Waals surface area contributed by atoms with Crippen molar-refractivity contribution < 1.29 is 0 Å². The molecule has 3 nitrogen and oxygen atoms in total. The summed E-state index contributed by atoms with van der Waals surface area (Å²) in [7, 11) is 1.99. The van der Waals surface area contributed by atoms with Gasteiger partial charge in [-0.1, -0.05) is 0 Å². The van der Waals surface area contributed by atoms with E-state index in [1.54, 1.807) is 0 Å². The van der Waals surface area contributed by atoms with Gasteiger partial charge >= 0.3 is 0 Å². The summed E-state index contributed by atoms with van der Waals surface area (Å²) >= 11 is 1.84. The SMILES string of the molecule is CNC(C)c1csc(C2CCN(C(C)C)CC2)n1. The van der Waals surface area contributed by atoms with Crippen LogP contribution in [0, 0.1) is 0 Å². The zero-order chi connectivity index (χ0) is 13.1. The van der Waals surface area contributed by atoms with Crippen LogP contribution in [0.1, 0.15) is 56.3 Å². The maximum Gasteiger partial charge on any atom is 0.0960 e. The van der Waals surface area contributed by atoms with Gasteiger partial charge in [0.1, 0.15) is 0 Å². The number of thiazole rings is 1. The molecule has 1 aromatic rings. The molecule has 1 unspecified atom stereocenters. The van der Waals surface area contributed by atoms with Gasteiger partial charge in [-0.25, -0.2) is 4.98 Å². The fourth-order valence-electron chi connectivity index (χ4n) is 2.50. The van der Waals surface area contributed by atoms with E-state index >= 15 is 0 Å². The molecule has 0 aliphatic carbocycles. The van der Waals surface area contributed by atoms with Crippen LogP contribution in [0.25, 0.3) is 0 Å². The Kier molecular flexibility index (Phi) is 4.76. The number of aromatic nitrogens is 1. The lowest BCUT2D eigenvalue weighted by molar-refractivity contribution is 0.171. The van der Waals surface area contributed by atoms with Crippen molar-refractivity contribution in [2.45, 2.75) is 51.6 Å². The van der Waals surface area contributed by atoms with Gasteiger partial charge in [-0.2, -0.15) is 0 Å². The molecule has 1 fully saturated rings. The maximum atomic E-state index is 4.81. The average Bonchev–Trinajstić information content (AvgIpc) is 2.87. The Bertz CT molecular complexity index is 367. The first-order valence-electron chi connectivity index (χ1n) is 6.98. The van der Waals surface area contributed by atoms with Gasteiger partial charge in [-0.05, 0) is 53.8 Å². The summed E-state index contributed by atoms with van der Waals surface area (Å²) in [5.41, 5.74) is 1.20. The van der Waals surface area contributed by atoms with Crippen LogP contribution < -0.4 is 5.32 Å². The first-order chi connectivity index (χ1) is 8.61. The van der Waals surface area contributed by atoms with Crippen LogP contribution >= 0.6 is 11.3 Å². The lowest BCUT2D eigenvalue weighted by Gasteiger charge is -2.33. The molecule has 1 N–H and O–H groups in total. The summed E-state index contributed by atoms with van der Waals surface area (Å²) in [5, 5.41) is 6.81. The molecule has 0 bridgehead atoms. The van der Waals surface area contributed by atoms with Crippen molar-refractivity contribution in [3.05, 3.63) is 16.1 Å². The minimum atomic E-state index is 0.366. The Morgan fingerprint density at radius 1 is 1.33 bits per heavy atom.